The number of nitrogen functional groups attached to an aromatic ring is 1. The minimum Gasteiger partial charge on any atom is -0.384 e. The molecule has 3 N–H and O–H groups in total. The van der Waals surface area contributed by atoms with Gasteiger partial charge in [0, 0.05) is 5.92 Å². The monoisotopic (exact) mass is 354 g/mol. The van der Waals surface area contributed by atoms with E-state index >= 15 is 0 Å². The van der Waals surface area contributed by atoms with E-state index in [1.54, 1.807) is 6.07 Å². The summed E-state index contributed by atoms with van der Waals surface area (Å²) in [6.45, 7) is 0.0643. The number of nitrogens with zero attached hydrogens (tertiary/aromatic N) is 2. The lowest BCUT2D eigenvalue weighted by molar-refractivity contribution is -0.122. The van der Waals surface area contributed by atoms with Gasteiger partial charge in [-0.3, -0.25) is 4.79 Å². The molecule has 0 atom stereocenters. The minimum atomic E-state index is -4.47. The molecular weight excluding hydrogens is 341 g/mol. The van der Waals surface area contributed by atoms with E-state index in [4.69, 9.17) is 5.73 Å². The third kappa shape index (κ3) is 3.76. The molecule has 24 heavy (non-hydrogen) atoms. The van der Waals surface area contributed by atoms with Gasteiger partial charge in [0.15, 0.2) is 0 Å². The number of anilines is 1. The van der Waals surface area contributed by atoms with Gasteiger partial charge in [-0.05, 0) is 42.7 Å². The number of thioether (sulfide) groups is 1. The molecule has 0 bridgehead atoms. The summed E-state index contributed by atoms with van der Waals surface area (Å²) < 4.78 is 39.6. The Kier molecular flexibility index (Phi) is 4.32. The number of carbonyl (C=O) groups is 1. The highest BCUT2D eigenvalue weighted by molar-refractivity contribution is 8.00. The summed E-state index contributed by atoms with van der Waals surface area (Å²) in [5.74, 6) is 5.43. The van der Waals surface area contributed by atoms with Gasteiger partial charge in [-0.2, -0.15) is 18.3 Å². The van der Waals surface area contributed by atoms with Crippen molar-refractivity contribution >= 4 is 29.0 Å². The number of fused-ring (bicyclic) bond motifs is 1. The first-order chi connectivity index (χ1) is 11.3. The smallest absolute Gasteiger partial charge is 0.384 e. The maximum Gasteiger partial charge on any atom is 0.446 e. The van der Waals surface area contributed by atoms with Crippen LogP contribution in [0.25, 0.3) is 5.52 Å². The van der Waals surface area contributed by atoms with Crippen LogP contribution in [-0.2, 0) is 4.79 Å². The summed E-state index contributed by atoms with van der Waals surface area (Å²) in [6.07, 6.45) is 1.74. The Hall–Kier alpha value is -2.34. The van der Waals surface area contributed by atoms with E-state index in [9.17, 15) is 18.0 Å². The summed E-state index contributed by atoms with van der Waals surface area (Å²) in [4.78, 5) is 11.4. The standard InChI is InChI=1S/C15H13F3N4OS/c16-15(17,18)24-13-10(3-2-8-20-14(23)9-6-7-9)21-22-11(13)4-1-5-12(22)19/h1,4-5,9H,6-8,19H2,(H,20,23). The molecule has 2 aromatic rings. The zero-order valence-electron chi connectivity index (χ0n) is 12.4. The highest BCUT2D eigenvalue weighted by Crippen LogP contribution is 2.40. The molecule has 1 aliphatic carbocycles. The number of nitrogens with one attached hydrogen (secondary N) is 1. The van der Waals surface area contributed by atoms with Crippen molar-refractivity contribution in [1.29, 1.82) is 0 Å². The highest BCUT2D eigenvalue weighted by Gasteiger charge is 2.33. The molecule has 0 aromatic carbocycles. The molecule has 0 radical (unpaired) electrons. The molecule has 126 valence electrons. The van der Waals surface area contributed by atoms with E-state index in [0.717, 1.165) is 12.8 Å². The number of pyridine rings is 1. The summed E-state index contributed by atoms with van der Waals surface area (Å²) in [5, 5.41) is 6.67. The van der Waals surface area contributed by atoms with E-state index in [1.165, 1.54) is 16.6 Å². The second-order valence-corrected chi connectivity index (χ2v) is 6.34. The predicted molar refractivity (Wildman–Crippen MR) is 84.1 cm³/mol. The van der Waals surface area contributed by atoms with Gasteiger partial charge in [0.1, 0.15) is 11.5 Å². The molecular formula is C15H13F3N4OS. The Morgan fingerprint density at radius 3 is 2.88 bits per heavy atom. The van der Waals surface area contributed by atoms with Crippen LogP contribution in [0.5, 0.6) is 0 Å². The lowest BCUT2D eigenvalue weighted by atomic mass is 10.3. The van der Waals surface area contributed by atoms with Crippen LogP contribution in [0.2, 0.25) is 0 Å². The molecule has 2 aromatic heterocycles. The van der Waals surface area contributed by atoms with E-state index < -0.39 is 5.51 Å². The average Bonchev–Trinajstić information content (AvgIpc) is 3.28. The second kappa shape index (κ2) is 6.28. The Bertz CT molecular complexity index is 846. The first kappa shape index (κ1) is 16.5. The summed E-state index contributed by atoms with van der Waals surface area (Å²) in [7, 11) is 0. The van der Waals surface area contributed by atoms with Crippen molar-refractivity contribution in [2.45, 2.75) is 23.2 Å². The van der Waals surface area contributed by atoms with Gasteiger partial charge >= 0.3 is 5.51 Å². The number of carbonyl (C=O) groups excluding carboxylic acids is 1. The maximum absolute atomic E-state index is 12.8. The largest absolute Gasteiger partial charge is 0.446 e. The molecule has 1 amide bonds. The van der Waals surface area contributed by atoms with Crippen LogP contribution in [0, 0.1) is 17.8 Å². The first-order valence-electron chi connectivity index (χ1n) is 7.15. The Labute approximate surface area is 139 Å². The number of nitrogens with two attached hydrogens (primary N) is 1. The van der Waals surface area contributed by atoms with Gasteiger partial charge in [-0.1, -0.05) is 12.0 Å². The van der Waals surface area contributed by atoms with Gasteiger partial charge in [0.25, 0.3) is 0 Å². The zero-order valence-corrected chi connectivity index (χ0v) is 13.2. The van der Waals surface area contributed by atoms with Crippen LogP contribution < -0.4 is 11.1 Å². The zero-order chi connectivity index (χ0) is 17.3. The highest BCUT2D eigenvalue weighted by atomic mass is 32.2. The normalized spacial score (nSPS) is 14.3. The van der Waals surface area contributed by atoms with Gasteiger partial charge in [0.05, 0.1) is 17.0 Å². The topological polar surface area (TPSA) is 72.4 Å². The molecule has 0 aliphatic heterocycles. The fraction of sp³-hybridized carbons (Fsp3) is 0.333. The van der Waals surface area contributed by atoms with E-state index in [2.05, 4.69) is 22.3 Å². The van der Waals surface area contributed by atoms with Gasteiger partial charge in [0.2, 0.25) is 5.91 Å². The van der Waals surface area contributed by atoms with Crippen LogP contribution >= 0.6 is 11.8 Å². The number of hydrogen-bond acceptors (Lipinski definition) is 4. The molecule has 0 spiro atoms. The Morgan fingerprint density at radius 1 is 1.46 bits per heavy atom. The number of alkyl halides is 3. The van der Waals surface area contributed by atoms with Gasteiger partial charge in [-0.25, -0.2) is 4.52 Å². The molecule has 0 unspecified atom stereocenters. The Morgan fingerprint density at radius 2 is 2.21 bits per heavy atom. The minimum absolute atomic E-state index is 0.0177. The predicted octanol–water partition coefficient (Wildman–Crippen LogP) is 2.41. The van der Waals surface area contributed by atoms with Crippen LogP contribution in [0.15, 0.2) is 23.1 Å². The summed E-state index contributed by atoms with van der Waals surface area (Å²) in [6, 6.07) is 4.59. The Balaban J connectivity index is 1.87. The van der Waals surface area contributed by atoms with Crippen molar-refractivity contribution in [3.63, 3.8) is 0 Å². The van der Waals surface area contributed by atoms with Crippen molar-refractivity contribution < 1.29 is 18.0 Å². The number of amides is 1. The quantitative estimate of drug-likeness (QED) is 0.656. The SMILES string of the molecule is Nc1cccc2c(SC(F)(F)F)c(C#CCNC(=O)C3CC3)nn12. The van der Waals surface area contributed by atoms with Crippen LogP contribution in [0.3, 0.4) is 0 Å². The maximum atomic E-state index is 12.8. The number of rotatable bonds is 3. The van der Waals surface area contributed by atoms with Crippen LogP contribution in [0.4, 0.5) is 19.0 Å². The van der Waals surface area contributed by atoms with Crippen molar-refractivity contribution in [2.75, 3.05) is 12.3 Å². The molecule has 1 aliphatic rings. The number of halogens is 3. The third-order valence-corrected chi connectivity index (χ3v) is 4.20. The van der Waals surface area contributed by atoms with Gasteiger partial charge < -0.3 is 11.1 Å². The number of aromatic nitrogens is 2. The van der Waals surface area contributed by atoms with Gasteiger partial charge in [-0.15, -0.1) is 0 Å². The summed E-state index contributed by atoms with van der Waals surface area (Å²) in [5.41, 5.74) is 1.50. The van der Waals surface area contributed by atoms with Crippen molar-refractivity contribution in [1.82, 2.24) is 14.9 Å². The van der Waals surface area contributed by atoms with E-state index in [1.807, 2.05) is 0 Å². The second-order valence-electron chi connectivity index (χ2n) is 5.27. The van der Waals surface area contributed by atoms with E-state index in [-0.39, 0.29) is 52.1 Å². The molecule has 2 heterocycles. The fourth-order valence-corrected chi connectivity index (χ4v) is 2.79. The first-order valence-corrected chi connectivity index (χ1v) is 7.96. The molecule has 9 heteroatoms. The molecule has 3 rings (SSSR count). The molecule has 1 saturated carbocycles. The lowest BCUT2D eigenvalue weighted by Crippen LogP contribution is -2.24. The van der Waals surface area contributed by atoms with Crippen LogP contribution in [0.1, 0.15) is 18.5 Å². The number of hydrogen-bond donors (Lipinski definition) is 2. The average molecular weight is 354 g/mol. The van der Waals surface area contributed by atoms with Crippen molar-refractivity contribution in [2.24, 2.45) is 5.92 Å². The van der Waals surface area contributed by atoms with Crippen LogP contribution in [-0.4, -0.2) is 27.6 Å². The van der Waals surface area contributed by atoms with Crippen molar-refractivity contribution in [3.8, 4) is 11.8 Å². The summed E-state index contributed by atoms with van der Waals surface area (Å²) >= 11 is -0.277. The lowest BCUT2D eigenvalue weighted by Gasteiger charge is -2.04. The van der Waals surface area contributed by atoms with E-state index in [0.29, 0.717) is 0 Å². The molecule has 1 fully saturated rings. The third-order valence-electron chi connectivity index (χ3n) is 3.37. The fourth-order valence-electron chi connectivity index (χ4n) is 2.12. The molecule has 5 nitrogen and oxygen atoms in total. The molecule has 0 saturated heterocycles. The van der Waals surface area contributed by atoms with Crippen molar-refractivity contribution in [3.05, 3.63) is 23.9 Å².